The van der Waals surface area contributed by atoms with Crippen LogP contribution in [0.15, 0.2) is 5.16 Å². The first kappa shape index (κ1) is 13.8. The number of aliphatic carboxylic acids is 1. The Labute approximate surface area is 105 Å². The van der Waals surface area contributed by atoms with Crippen LogP contribution in [-0.4, -0.2) is 44.2 Å². The zero-order valence-corrected chi connectivity index (χ0v) is 11.4. The van der Waals surface area contributed by atoms with Crippen LogP contribution in [0, 0.1) is 0 Å². The quantitative estimate of drug-likeness (QED) is 0.774. The number of carbonyl (C=O) groups is 1. The lowest BCUT2D eigenvalue weighted by atomic mass is 10.3. The van der Waals surface area contributed by atoms with E-state index in [1.54, 1.807) is 0 Å². The maximum Gasteiger partial charge on any atom is 0.313 e. The van der Waals surface area contributed by atoms with Crippen LogP contribution < -0.4 is 4.90 Å². The van der Waals surface area contributed by atoms with E-state index in [1.807, 2.05) is 11.6 Å². The Morgan fingerprint density at radius 3 is 2.65 bits per heavy atom. The summed E-state index contributed by atoms with van der Waals surface area (Å²) in [5.41, 5.74) is 0. The molecule has 1 rings (SSSR count). The second-order valence-electron chi connectivity index (χ2n) is 3.90. The van der Waals surface area contributed by atoms with Gasteiger partial charge in [-0.1, -0.05) is 11.8 Å². The average molecular weight is 258 g/mol. The summed E-state index contributed by atoms with van der Waals surface area (Å²) in [5.74, 6) is -0.0779. The van der Waals surface area contributed by atoms with Gasteiger partial charge in [-0.2, -0.15) is 0 Å². The molecule has 1 heterocycles. The van der Waals surface area contributed by atoms with Crippen LogP contribution in [0.4, 0.5) is 5.95 Å². The van der Waals surface area contributed by atoms with Crippen LogP contribution in [0.1, 0.15) is 20.8 Å². The third-order valence-electron chi connectivity index (χ3n) is 2.36. The van der Waals surface area contributed by atoms with Crippen LogP contribution >= 0.6 is 11.8 Å². The number of carboxylic acids is 1. The summed E-state index contributed by atoms with van der Waals surface area (Å²) in [5, 5.41) is 17.4. The fourth-order valence-electron chi connectivity index (χ4n) is 1.55. The van der Waals surface area contributed by atoms with Gasteiger partial charge in [0.05, 0.1) is 5.75 Å². The summed E-state index contributed by atoms with van der Waals surface area (Å²) in [6.45, 7) is 7.07. The van der Waals surface area contributed by atoms with Crippen LogP contribution in [0.3, 0.4) is 0 Å². The molecule has 96 valence electrons. The highest BCUT2D eigenvalue weighted by molar-refractivity contribution is 7.99. The van der Waals surface area contributed by atoms with Crippen molar-refractivity contribution in [3.8, 4) is 0 Å². The predicted molar refractivity (Wildman–Crippen MR) is 67.5 cm³/mol. The van der Waals surface area contributed by atoms with Crippen molar-refractivity contribution in [2.24, 2.45) is 7.05 Å². The summed E-state index contributed by atoms with van der Waals surface area (Å²) in [7, 11) is 1.85. The lowest BCUT2D eigenvalue weighted by Crippen LogP contribution is -2.32. The van der Waals surface area contributed by atoms with Gasteiger partial charge >= 0.3 is 5.97 Å². The minimum absolute atomic E-state index is 0.000221. The van der Waals surface area contributed by atoms with Crippen molar-refractivity contribution in [3.63, 3.8) is 0 Å². The molecule has 0 aromatic carbocycles. The van der Waals surface area contributed by atoms with Crippen molar-refractivity contribution in [2.45, 2.75) is 32.0 Å². The summed E-state index contributed by atoms with van der Waals surface area (Å²) in [6.07, 6.45) is 0. The Balaban J connectivity index is 2.85. The number of thioether (sulfide) groups is 1. The largest absolute Gasteiger partial charge is 0.481 e. The van der Waals surface area contributed by atoms with Gasteiger partial charge in [0.1, 0.15) is 0 Å². The van der Waals surface area contributed by atoms with Crippen molar-refractivity contribution < 1.29 is 9.90 Å². The van der Waals surface area contributed by atoms with Gasteiger partial charge in [0.25, 0.3) is 0 Å². The Bertz CT molecular complexity index is 392. The van der Waals surface area contributed by atoms with E-state index in [0.29, 0.717) is 11.2 Å². The molecule has 6 nitrogen and oxygen atoms in total. The molecule has 0 fully saturated rings. The smallest absolute Gasteiger partial charge is 0.313 e. The number of anilines is 1. The zero-order valence-electron chi connectivity index (χ0n) is 10.5. The van der Waals surface area contributed by atoms with Crippen molar-refractivity contribution in [1.82, 2.24) is 14.8 Å². The molecule has 0 bridgehead atoms. The monoisotopic (exact) mass is 258 g/mol. The lowest BCUT2D eigenvalue weighted by Gasteiger charge is -2.25. The Kier molecular flexibility index (Phi) is 4.80. The van der Waals surface area contributed by atoms with Gasteiger partial charge in [-0.15, -0.1) is 10.2 Å². The Morgan fingerprint density at radius 2 is 2.18 bits per heavy atom. The average Bonchev–Trinajstić information content (AvgIpc) is 2.59. The third kappa shape index (κ3) is 3.36. The summed E-state index contributed by atoms with van der Waals surface area (Å²) < 4.78 is 1.83. The number of aromatic nitrogens is 3. The van der Waals surface area contributed by atoms with E-state index in [2.05, 4.69) is 35.9 Å². The lowest BCUT2D eigenvalue weighted by molar-refractivity contribution is -0.133. The van der Waals surface area contributed by atoms with E-state index in [4.69, 9.17) is 5.11 Å². The fraction of sp³-hybridized carbons (Fsp3) is 0.700. The Morgan fingerprint density at radius 1 is 1.53 bits per heavy atom. The highest BCUT2D eigenvalue weighted by Crippen LogP contribution is 2.21. The van der Waals surface area contributed by atoms with E-state index < -0.39 is 5.97 Å². The predicted octanol–water partition coefficient (Wildman–Crippen LogP) is 1.23. The first-order valence-corrected chi connectivity index (χ1v) is 6.46. The van der Waals surface area contributed by atoms with Crippen molar-refractivity contribution in [2.75, 3.05) is 17.2 Å². The van der Waals surface area contributed by atoms with Gasteiger partial charge in [0, 0.05) is 19.6 Å². The SMILES string of the molecule is CCN(c1nnc(SCC(=O)O)n1C)C(C)C. The molecule has 1 N–H and O–H groups in total. The normalized spacial score (nSPS) is 10.9. The molecule has 0 saturated heterocycles. The second-order valence-corrected chi connectivity index (χ2v) is 4.85. The third-order valence-corrected chi connectivity index (χ3v) is 3.36. The van der Waals surface area contributed by atoms with Gasteiger partial charge in [-0.05, 0) is 20.8 Å². The molecule has 0 aliphatic heterocycles. The molecular weight excluding hydrogens is 240 g/mol. The molecular formula is C10H18N4O2S. The van der Waals surface area contributed by atoms with Crippen molar-refractivity contribution >= 4 is 23.7 Å². The molecule has 1 aromatic rings. The van der Waals surface area contributed by atoms with E-state index in [-0.39, 0.29) is 5.75 Å². The molecule has 0 aliphatic rings. The first-order valence-electron chi connectivity index (χ1n) is 5.48. The number of rotatable bonds is 6. The van der Waals surface area contributed by atoms with Crippen LogP contribution in [-0.2, 0) is 11.8 Å². The van der Waals surface area contributed by atoms with Gasteiger partial charge in [0.15, 0.2) is 5.16 Å². The van der Waals surface area contributed by atoms with Crippen LogP contribution in [0.2, 0.25) is 0 Å². The second kappa shape index (κ2) is 5.90. The highest BCUT2D eigenvalue weighted by atomic mass is 32.2. The van der Waals surface area contributed by atoms with Gasteiger partial charge < -0.3 is 10.0 Å². The van der Waals surface area contributed by atoms with Gasteiger partial charge in [0.2, 0.25) is 5.95 Å². The van der Waals surface area contributed by atoms with Crippen molar-refractivity contribution in [1.29, 1.82) is 0 Å². The van der Waals surface area contributed by atoms with E-state index in [0.717, 1.165) is 12.5 Å². The number of hydrogen-bond acceptors (Lipinski definition) is 5. The molecule has 0 aliphatic carbocycles. The van der Waals surface area contributed by atoms with Gasteiger partial charge in [-0.25, -0.2) is 0 Å². The van der Waals surface area contributed by atoms with E-state index >= 15 is 0 Å². The molecule has 0 amide bonds. The molecule has 7 heteroatoms. The molecule has 0 unspecified atom stereocenters. The molecule has 1 aromatic heterocycles. The fourth-order valence-corrected chi connectivity index (χ4v) is 2.17. The number of nitrogens with zero attached hydrogens (tertiary/aromatic N) is 4. The van der Waals surface area contributed by atoms with Crippen LogP contribution in [0.25, 0.3) is 0 Å². The zero-order chi connectivity index (χ0) is 13.0. The van der Waals surface area contributed by atoms with Crippen LogP contribution in [0.5, 0.6) is 0 Å². The van der Waals surface area contributed by atoms with Crippen molar-refractivity contribution in [3.05, 3.63) is 0 Å². The molecule has 17 heavy (non-hydrogen) atoms. The molecule has 0 saturated carbocycles. The van der Waals surface area contributed by atoms with Gasteiger partial charge in [-0.3, -0.25) is 9.36 Å². The molecule has 0 radical (unpaired) electrons. The summed E-state index contributed by atoms with van der Waals surface area (Å²) in [4.78, 5) is 12.6. The first-order chi connectivity index (χ1) is 7.97. The van der Waals surface area contributed by atoms with E-state index in [9.17, 15) is 4.79 Å². The number of carboxylic acid groups (broad SMARTS) is 1. The maximum atomic E-state index is 10.5. The molecule has 0 spiro atoms. The standard InChI is InChI=1S/C10H18N4O2S/c1-5-14(7(2)3)9-11-12-10(13(9)4)17-6-8(15)16/h7H,5-6H2,1-4H3,(H,15,16). The van der Waals surface area contributed by atoms with E-state index in [1.165, 1.54) is 11.8 Å². The summed E-state index contributed by atoms with van der Waals surface area (Å²) in [6, 6.07) is 0.334. The topological polar surface area (TPSA) is 71.2 Å². The Hall–Kier alpha value is -1.24. The number of hydrogen-bond donors (Lipinski definition) is 1. The molecule has 0 atom stereocenters. The minimum Gasteiger partial charge on any atom is -0.481 e. The maximum absolute atomic E-state index is 10.5. The highest BCUT2D eigenvalue weighted by Gasteiger charge is 2.17. The summed E-state index contributed by atoms with van der Waals surface area (Å²) >= 11 is 1.18. The minimum atomic E-state index is -0.851.